The van der Waals surface area contributed by atoms with Gasteiger partial charge in [-0.15, -0.1) is 0 Å². The van der Waals surface area contributed by atoms with Gasteiger partial charge in [-0.1, -0.05) is 6.07 Å². The Bertz CT molecular complexity index is 858. The largest absolute Gasteiger partial charge is 0.454 e. The van der Waals surface area contributed by atoms with Crippen LogP contribution in [-0.2, 0) is 6.54 Å². The number of fused-ring (bicyclic) bond motifs is 1. The molecule has 3 heterocycles. The topological polar surface area (TPSA) is 66.9 Å². The Labute approximate surface area is 164 Å². The molecule has 2 aromatic rings. The molecule has 146 valence electrons. The molecular weight excluding hydrogens is 356 g/mol. The maximum Gasteiger partial charge on any atom is 0.255 e. The average molecular weight is 380 g/mol. The van der Waals surface area contributed by atoms with E-state index in [0.717, 1.165) is 50.0 Å². The number of rotatable bonds is 5. The van der Waals surface area contributed by atoms with Crippen molar-refractivity contribution in [2.45, 2.75) is 25.4 Å². The second-order valence-electron chi connectivity index (χ2n) is 7.61. The fourth-order valence-corrected chi connectivity index (χ4v) is 3.63. The predicted molar refractivity (Wildman–Crippen MR) is 105 cm³/mol. The number of pyridine rings is 1. The molecule has 7 heteroatoms. The van der Waals surface area contributed by atoms with E-state index in [1.807, 2.05) is 29.2 Å². The normalized spacial score (nSPS) is 18.9. The number of aromatic nitrogens is 1. The Hall–Kier alpha value is -2.80. The van der Waals surface area contributed by atoms with Crippen LogP contribution in [0.25, 0.3) is 0 Å². The number of carbonyl (C=O) groups excluding carboxylic acids is 1. The third kappa shape index (κ3) is 3.75. The minimum atomic E-state index is 0.0631. The molecule has 1 aromatic carbocycles. The first-order chi connectivity index (χ1) is 13.7. The van der Waals surface area contributed by atoms with Crippen molar-refractivity contribution in [3.63, 3.8) is 0 Å². The highest BCUT2D eigenvalue weighted by Crippen LogP contribution is 2.32. The molecule has 1 saturated carbocycles. The molecule has 3 aliphatic rings. The van der Waals surface area contributed by atoms with Crippen LogP contribution in [0.2, 0.25) is 0 Å². The summed E-state index contributed by atoms with van der Waals surface area (Å²) >= 11 is 0. The Morgan fingerprint density at radius 3 is 2.64 bits per heavy atom. The third-order valence-corrected chi connectivity index (χ3v) is 5.44. The summed E-state index contributed by atoms with van der Waals surface area (Å²) in [7, 11) is 0. The highest BCUT2D eigenvalue weighted by atomic mass is 16.7. The monoisotopic (exact) mass is 380 g/mol. The maximum atomic E-state index is 12.8. The van der Waals surface area contributed by atoms with Gasteiger partial charge in [0.2, 0.25) is 6.79 Å². The SMILES string of the molecule is O=C(c1ccc(NC2CC2)nc1)N1CCN(Cc2ccc3c(c2)OCO3)CC1. The number of carbonyl (C=O) groups is 1. The summed E-state index contributed by atoms with van der Waals surface area (Å²) in [5.74, 6) is 2.55. The van der Waals surface area contributed by atoms with E-state index in [1.165, 1.54) is 18.4 Å². The van der Waals surface area contributed by atoms with Crippen LogP contribution in [-0.4, -0.2) is 59.7 Å². The molecule has 0 spiro atoms. The van der Waals surface area contributed by atoms with Gasteiger partial charge in [-0.05, 0) is 42.7 Å². The molecule has 0 unspecified atom stereocenters. The second-order valence-corrected chi connectivity index (χ2v) is 7.61. The van der Waals surface area contributed by atoms with Gasteiger partial charge in [-0.3, -0.25) is 9.69 Å². The maximum absolute atomic E-state index is 12.8. The van der Waals surface area contributed by atoms with Gasteiger partial charge in [0.1, 0.15) is 5.82 Å². The minimum Gasteiger partial charge on any atom is -0.454 e. The molecule has 0 bridgehead atoms. The highest BCUT2D eigenvalue weighted by Gasteiger charge is 2.24. The van der Waals surface area contributed by atoms with E-state index in [4.69, 9.17) is 9.47 Å². The van der Waals surface area contributed by atoms with E-state index in [9.17, 15) is 4.79 Å². The first kappa shape index (κ1) is 17.3. The highest BCUT2D eigenvalue weighted by molar-refractivity contribution is 5.94. The standard InChI is InChI=1S/C21H24N4O3/c26-21(16-2-6-20(22-12-16)23-17-3-4-17)25-9-7-24(8-10-25)13-15-1-5-18-19(11-15)28-14-27-18/h1-2,5-6,11-12,17H,3-4,7-10,13-14H2,(H,22,23). The van der Waals surface area contributed by atoms with Gasteiger partial charge < -0.3 is 19.7 Å². The summed E-state index contributed by atoms with van der Waals surface area (Å²) in [4.78, 5) is 21.4. The first-order valence-electron chi connectivity index (χ1n) is 9.87. The van der Waals surface area contributed by atoms with Crippen LogP contribution >= 0.6 is 0 Å². The fraction of sp³-hybridized carbons (Fsp3) is 0.429. The number of piperazine rings is 1. The van der Waals surface area contributed by atoms with Crippen molar-refractivity contribution in [3.05, 3.63) is 47.7 Å². The van der Waals surface area contributed by atoms with E-state index in [0.29, 0.717) is 18.4 Å². The van der Waals surface area contributed by atoms with Gasteiger partial charge in [0, 0.05) is 45.0 Å². The number of anilines is 1. The van der Waals surface area contributed by atoms with Crippen molar-refractivity contribution in [3.8, 4) is 11.5 Å². The zero-order chi connectivity index (χ0) is 18.9. The Morgan fingerprint density at radius 1 is 1.07 bits per heavy atom. The Balaban J connectivity index is 1.14. The van der Waals surface area contributed by atoms with Crippen LogP contribution in [0.5, 0.6) is 11.5 Å². The predicted octanol–water partition coefficient (Wildman–Crippen LogP) is 2.34. The van der Waals surface area contributed by atoms with Crippen LogP contribution in [0.1, 0.15) is 28.8 Å². The van der Waals surface area contributed by atoms with E-state index < -0.39 is 0 Å². The quantitative estimate of drug-likeness (QED) is 0.859. The third-order valence-electron chi connectivity index (χ3n) is 5.44. The molecule has 1 aromatic heterocycles. The van der Waals surface area contributed by atoms with Crippen LogP contribution < -0.4 is 14.8 Å². The molecule has 2 fully saturated rings. The molecule has 1 N–H and O–H groups in total. The van der Waals surface area contributed by atoms with Gasteiger partial charge in [0.15, 0.2) is 11.5 Å². The first-order valence-corrected chi connectivity index (χ1v) is 9.87. The molecule has 5 rings (SSSR count). The summed E-state index contributed by atoms with van der Waals surface area (Å²) in [6.07, 6.45) is 4.10. The number of amides is 1. The number of hydrogen-bond donors (Lipinski definition) is 1. The molecule has 1 amide bonds. The number of nitrogens with zero attached hydrogens (tertiary/aromatic N) is 3. The van der Waals surface area contributed by atoms with Gasteiger partial charge in [-0.2, -0.15) is 0 Å². The Kier molecular flexibility index (Phi) is 4.52. The van der Waals surface area contributed by atoms with Crippen LogP contribution in [0, 0.1) is 0 Å². The van der Waals surface area contributed by atoms with E-state index in [1.54, 1.807) is 6.20 Å². The molecule has 2 aliphatic heterocycles. The van der Waals surface area contributed by atoms with Crippen LogP contribution in [0.15, 0.2) is 36.5 Å². The zero-order valence-electron chi connectivity index (χ0n) is 15.8. The van der Waals surface area contributed by atoms with Gasteiger partial charge in [-0.25, -0.2) is 4.98 Å². The van der Waals surface area contributed by atoms with Crippen molar-refractivity contribution in [1.82, 2.24) is 14.8 Å². The molecule has 0 radical (unpaired) electrons. The fourth-order valence-electron chi connectivity index (χ4n) is 3.63. The Morgan fingerprint density at radius 2 is 1.89 bits per heavy atom. The van der Waals surface area contributed by atoms with Crippen LogP contribution in [0.4, 0.5) is 5.82 Å². The van der Waals surface area contributed by atoms with Crippen molar-refractivity contribution < 1.29 is 14.3 Å². The van der Waals surface area contributed by atoms with Crippen molar-refractivity contribution in [2.24, 2.45) is 0 Å². The molecular formula is C21H24N4O3. The number of nitrogens with one attached hydrogen (secondary N) is 1. The van der Waals surface area contributed by atoms with Crippen LogP contribution in [0.3, 0.4) is 0 Å². The molecule has 1 aliphatic carbocycles. The lowest BCUT2D eigenvalue weighted by Gasteiger charge is -2.34. The van der Waals surface area contributed by atoms with E-state index >= 15 is 0 Å². The minimum absolute atomic E-state index is 0.0631. The molecule has 28 heavy (non-hydrogen) atoms. The smallest absolute Gasteiger partial charge is 0.255 e. The molecule has 7 nitrogen and oxygen atoms in total. The van der Waals surface area contributed by atoms with E-state index in [2.05, 4.69) is 21.3 Å². The summed E-state index contributed by atoms with van der Waals surface area (Å²) in [5.41, 5.74) is 1.86. The van der Waals surface area contributed by atoms with Gasteiger partial charge >= 0.3 is 0 Å². The number of hydrogen-bond acceptors (Lipinski definition) is 6. The molecule has 1 saturated heterocycles. The zero-order valence-corrected chi connectivity index (χ0v) is 15.8. The second kappa shape index (κ2) is 7.31. The van der Waals surface area contributed by atoms with Gasteiger partial charge in [0.25, 0.3) is 5.91 Å². The summed E-state index contributed by atoms with van der Waals surface area (Å²) < 4.78 is 10.8. The molecule has 0 atom stereocenters. The summed E-state index contributed by atoms with van der Waals surface area (Å²) in [5, 5.41) is 3.35. The van der Waals surface area contributed by atoms with Crippen molar-refractivity contribution >= 4 is 11.7 Å². The lowest BCUT2D eigenvalue weighted by atomic mass is 10.1. The number of benzene rings is 1. The van der Waals surface area contributed by atoms with E-state index in [-0.39, 0.29) is 5.91 Å². The van der Waals surface area contributed by atoms with Gasteiger partial charge in [0.05, 0.1) is 5.56 Å². The van der Waals surface area contributed by atoms with Crippen molar-refractivity contribution in [2.75, 3.05) is 38.3 Å². The average Bonchev–Trinajstić information content (AvgIpc) is 3.42. The summed E-state index contributed by atoms with van der Waals surface area (Å²) in [6.45, 7) is 4.31. The van der Waals surface area contributed by atoms with Crippen molar-refractivity contribution in [1.29, 1.82) is 0 Å². The summed E-state index contributed by atoms with van der Waals surface area (Å²) in [6, 6.07) is 10.4. The number of ether oxygens (including phenoxy) is 2. The lowest BCUT2D eigenvalue weighted by molar-refractivity contribution is 0.0628. The lowest BCUT2D eigenvalue weighted by Crippen LogP contribution is -2.48.